The van der Waals surface area contributed by atoms with Crippen LogP contribution in [-0.4, -0.2) is 37.5 Å². The number of imidazole rings is 1. The summed E-state index contributed by atoms with van der Waals surface area (Å²) in [4.78, 5) is 15.4. The number of rotatable bonds is 7. The summed E-state index contributed by atoms with van der Waals surface area (Å²) < 4.78 is 7.79. The number of carbonyl (C=O) groups is 1. The molecule has 124 valence electrons. The Morgan fingerprint density at radius 1 is 1.38 bits per heavy atom. The standard InChI is InChI=1S/C15H15ClN6O2/c16-10-2-3-12(24-7-1-5-22-6-4-18-9-22)11(8-10)13-14(15(17)23)20-21-19-13/h2-4,6,8-9H,1,5,7H2,(H2,17,23)(H,19,20,21). The van der Waals surface area contributed by atoms with E-state index in [2.05, 4.69) is 20.4 Å². The Morgan fingerprint density at radius 2 is 2.25 bits per heavy atom. The van der Waals surface area contributed by atoms with Gasteiger partial charge in [-0.25, -0.2) is 4.98 Å². The van der Waals surface area contributed by atoms with Gasteiger partial charge in [-0.15, -0.1) is 0 Å². The molecule has 24 heavy (non-hydrogen) atoms. The van der Waals surface area contributed by atoms with Gasteiger partial charge in [-0.3, -0.25) is 4.79 Å². The summed E-state index contributed by atoms with van der Waals surface area (Å²) in [6.07, 6.45) is 6.17. The van der Waals surface area contributed by atoms with E-state index in [9.17, 15) is 4.79 Å². The molecule has 2 heterocycles. The number of amides is 1. The highest BCUT2D eigenvalue weighted by molar-refractivity contribution is 6.31. The maximum Gasteiger partial charge on any atom is 0.271 e. The molecule has 0 saturated carbocycles. The zero-order valence-electron chi connectivity index (χ0n) is 12.6. The zero-order chi connectivity index (χ0) is 16.9. The molecule has 1 aromatic carbocycles. The number of ether oxygens (including phenoxy) is 1. The molecule has 0 atom stereocenters. The molecule has 0 bridgehead atoms. The average molecular weight is 347 g/mol. The number of H-pyrrole nitrogens is 1. The molecule has 0 radical (unpaired) electrons. The van der Waals surface area contributed by atoms with Crippen LogP contribution in [0.3, 0.4) is 0 Å². The van der Waals surface area contributed by atoms with Crippen LogP contribution in [0.2, 0.25) is 5.02 Å². The predicted molar refractivity (Wildman–Crippen MR) is 87.7 cm³/mol. The van der Waals surface area contributed by atoms with Crippen LogP contribution >= 0.6 is 11.6 Å². The Balaban J connectivity index is 1.76. The van der Waals surface area contributed by atoms with E-state index in [1.807, 2.05) is 10.8 Å². The molecule has 0 unspecified atom stereocenters. The molecule has 2 aromatic heterocycles. The Morgan fingerprint density at radius 3 is 3.00 bits per heavy atom. The van der Waals surface area contributed by atoms with E-state index in [0.29, 0.717) is 28.6 Å². The van der Waals surface area contributed by atoms with Gasteiger partial charge in [0.2, 0.25) is 0 Å². The van der Waals surface area contributed by atoms with E-state index in [-0.39, 0.29) is 5.69 Å². The van der Waals surface area contributed by atoms with Crippen molar-refractivity contribution < 1.29 is 9.53 Å². The smallest absolute Gasteiger partial charge is 0.271 e. The number of halogens is 1. The summed E-state index contributed by atoms with van der Waals surface area (Å²) in [7, 11) is 0. The first kappa shape index (κ1) is 16.0. The minimum Gasteiger partial charge on any atom is -0.493 e. The quantitative estimate of drug-likeness (QED) is 0.634. The highest BCUT2D eigenvalue weighted by Crippen LogP contribution is 2.32. The van der Waals surface area contributed by atoms with Gasteiger partial charge < -0.3 is 15.0 Å². The summed E-state index contributed by atoms with van der Waals surface area (Å²) in [6.45, 7) is 1.27. The van der Waals surface area contributed by atoms with Crippen LogP contribution in [0, 0.1) is 0 Å². The van der Waals surface area contributed by atoms with Crippen molar-refractivity contribution in [1.82, 2.24) is 25.0 Å². The van der Waals surface area contributed by atoms with Gasteiger partial charge in [0.25, 0.3) is 5.91 Å². The van der Waals surface area contributed by atoms with Crippen LogP contribution in [0.15, 0.2) is 36.9 Å². The largest absolute Gasteiger partial charge is 0.493 e. The molecule has 3 aromatic rings. The number of aryl methyl sites for hydroxylation is 1. The molecular weight excluding hydrogens is 332 g/mol. The number of hydrogen-bond acceptors (Lipinski definition) is 5. The Hall–Kier alpha value is -2.87. The van der Waals surface area contributed by atoms with Crippen molar-refractivity contribution >= 4 is 17.5 Å². The number of primary amides is 1. The van der Waals surface area contributed by atoms with Crippen LogP contribution in [-0.2, 0) is 6.54 Å². The normalized spacial score (nSPS) is 10.7. The molecule has 1 amide bonds. The lowest BCUT2D eigenvalue weighted by Crippen LogP contribution is -2.13. The number of nitrogens with one attached hydrogen (secondary N) is 1. The van der Waals surface area contributed by atoms with Gasteiger partial charge in [-0.05, 0) is 24.6 Å². The molecule has 0 aliphatic heterocycles. The molecular formula is C15H15ClN6O2. The number of aromatic nitrogens is 5. The highest BCUT2D eigenvalue weighted by Gasteiger charge is 2.19. The fourth-order valence-corrected chi connectivity index (χ4v) is 2.42. The van der Waals surface area contributed by atoms with Crippen LogP contribution < -0.4 is 10.5 Å². The van der Waals surface area contributed by atoms with Crippen LogP contribution in [0.1, 0.15) is 16.9 Å². The van der Waals surface area contributed by atoms with E-state index in [4.69, 9.17) is 22.1 Å². The van der Waals surface area contributed by atoms with Gasteiger partial charge in [0.05, 0.1) is 12.9 Å². The van der Waals surface area contributed by atoms with Gasteiger partial charge in [0, 0.05) is 29.5 Å². The lowest BCUT2D eigenvalue weighted by Gasteiger charge is -2.11. The van der Waals surface area contributed by atoms with E-state index < -0.39 is 5.91 Å². The number of benzene rings is 1. The fourth-order valence-electron chi connectivity index (χ4n) is 2.25. The minimum atomic E-state index is -0.676. The summed E-state index contributed by atoms with van der Waals surface area (Å²) in [5, 5.41) is 10.7. The van der Waals surface area contributed by atoms with Crippen molar-refractivity contribution in [3.63, 3.8) is 0 Å². The van der Waals surface area contributed by atoms with Gasteiger partial charge in [0.1, 0.15) is 11.4 Å². The number of aromatic amines is 1. The molecule has 0 aliphatic carbocycles. The monoisotopic (exact) mass is 346 g/mol. The fraction of sp³-hybridized carbons (Fsp3) is 0.200. The van der Waals surface area contributed by atoms with Crippen molar-refractivity contribution in [3.8, 4) is 17.0 Å². The van der Waals surface area contributed by atoms with Gasteiger partial charge in [0.15, 0.2) is 5.69 Å². The summed E-state index contributed by atoms with van der Waals surface area (Å²) in [5.74, 6) is -0.119. The second kappa shape index (κ2) is 7.14. The number of nitrogens with zero attached hydrogens (tertiary/aromatic N) is 4. The Labute approximate surface area is 142 Å². The summed E-state index contributed by atoms with van der Waals surface area (Å²) >= 11 is 6.05. The Bertz CT molecular complexity index is 830. The molecule has 0 fully saturated rings. The third-order valence-corrected chi connectivity index (χ3v) is 3.59. The topological polar surface area (TPSA) is 112 Å². The van der Waals surface area contributed by atoms with Crippen LogP contribution in [0.25, 0.3) is 11.3 Å². The first-order chi connectivity index (χ1) is 11.6. The third kappa shape index (κ3) is 3.54. The van der Waals surface area contributed by atoms with Gasteiger partial charge in [-0.2, -0.15) is 15.4 Å². The maximum absolute atomic E-state index is 11.5. The van der Waals surface area contributed by atoms with Crippen LogP contribution in [0.4, 0.5) is 0 Å². The second-order valence-electron chi connectivity index (χ2n) is 5.03. The highest BCUT2D eigenvalue weighted by atomic mass is 35.5. The lowest BCUT2D eigenvalue weighted by molar-refractivity contribution is 0.0996. The van der Waals surface area contributed by atoms with E-state index >= 15 is 0 Å². The van der Waals surface area contributed by atoms with Crippen molar-refractivity contribution in [1.29, 1.82) is 0 Å². The average Bonchev–Trinajstić information content (AvgIpc) is 3.24. The van der Waals surface area contributed by atoms with Gasteiger partial charge >= 0.3 is 0 Å². The SMILES string of the molecule is NC(=O)c1n[nH]nc1-c1cc(Cl)ccc1OCCCn1ccnc1. The van der Waals surface area contributed by atoms with Crippen LogP contribution in [0.5, 0.6) is 5.75 Å². The molecule has 8 nitrogen and oxygen atoms in total. The minimum absolute atomic E-state index is 0.0422. The van der Waals surface area contributed by atoms with Crippen molar-refractivity contribution in [2.24, 2.45) is 5.73 Å². The number of carbonyl (C=O) groups excluding carboxylic acids is 1. The first-order valence-corrected chi connectivity index (χ1v) is 7.62. The predicted octanol–water partition coefficient (Wildman–Crippen LogP) is 1.89. The van der Waals surface area contributed by atoms with Crippen molar-refractivity contribution in [2.45, 2.75) is 13.0 Å². The summed E-state index contributed by atoms with van der Waals surface area (Å²) in [6, 6.07) is 5.10. The van der Waals surface area contributed by atoms with E-state index in [1.165, 1.54) is 0 Å². The first-order valence-electron chi connectivity index (χ1n) is 7.24. The van der Waals surface area contributed by atoms with Crippen molar-refractivity contribution in [2.75, 3.05) is 6.61 Å². The maximum atomic E-state index is 11.5. The molecule has 0 spiro atoms. The number of hydrogen-bond donors (Lipinski definition) is 2. The van der Waals surface area contributed by atoms with E-state index in [1.54, 1.807) is 30.7 Å². The third-order valence-electron chi connectivity index (χ3n) is 3.36. The molecule has 3 N–H and O–H groups in total. The number of nitrogens with two attached hydrogens (primary N) is 1. The zero-order valence-corrected chi connectivity index (χ0v) is 13.4. The molecule has 0 aliphatic rings. The molecule has 0 saturated heterocycles. The van der Waals surface area contributed by atoms with Gasteiger partial charge in [-0.1, -0.05) is 11.6 Å². The Kier molecular flexibility index (Phi) is 4.76. The lowest BCUT2D eigenvalue weighted by atomic mass is 10.1. The van der Waals surface area contributed by atoms with Crippen molar-refractivity contribution in [3.05, 3.63) is 47.6 Å². The molecule has 3 rings (SSSR count). The molecule has 9 heteroatoms. The summed E-state index contributed by atoms with van der Waals surface area (Å²) in [5.41, 5.74) is 6.24. The van der Waals surface area contributed by atoms with E-state index in [0.717, 1.165) is 13.0 Å². The second-order valence-corrected chi connectivity index (χ2v) is 5.46.